The number of pyridine rings is 1. The Balaban J connectivity index is 1.40. The lowest BCUT2D eigenvalue weighted by Crippen LogP contribution is -2.34. The molecular weight excluding hydrogens is 396 g/mol. The number of aromatic nitrogens is 3. The molecule has 0 saturated carbocycles. The number of rotatable bonds is 8. The Labute approximate surface area is 191 Å². The number of hydrogen-bond donors (Lipinski definition) is 1. The van der Waals surface area contributed by atoms with E-state index >= 15 is 0 Å². The molecule has 0 amide bonds. The van der Waals surface area contributed by atoms with Gasteiger partial charge in [-0.3, -0.25) is 4.98 Å². The van der Waals surface area contributed by atoms with E-state index in [0.29, 0.717) is 29.6 Å². The summed E-state index contributed by atoms with van der Waals surface area (Å²) in [5.41, 5.74) is 4.86. The molecule has 2 heterocycles. The molecule has 0 spiro atoms. The van der Waals surface area contributed by atoms with Crippen molar-refractivity contribution in [2.24, 2.45) is 23.7 Å². The van der Waals surface area contributed by atoms with Gasteiger partial charge in [0.15, 0.2) is 0 Å². The van der Waals surface area contributed by atoms with E-state index in [9.17, 15) is 0 Å². The maximum Gasteiger partial charge on any atom is 0.247 e. The fourth-order valence-corrected chi connectivity index (χ4v) is 4.75. The van der Waals surface area contributed by atoms with Crippen molar-refractivity contribution < 1.29 is 4.42 Å². The Bertz CT molecular complexity index is 1020. The summed E-state index contributed by atoms with van der Waals surface area (Å²) >= 11 is 0. The number of hydrogen-bond acceptors (Lipinski definition) is 5. The van der Waals surface area contributed by atoms with E-state index in [0.717, 1.165) is 37.4 Å². The van der Waals surface area contributed by atoms with Gasteiger partial charge in [0.2, 0.25) is 11.8 Å². The SMILES string of the molecule is CC1=CC(CNCc2cccnc2)C(C(C)C)CC1Cc1nnc(-c2ccc(C)cc2)o1. The van der Waals surface area contributed by atoms with E-state index in [4.69, 9.17) is 4.42 Å². The lowest BCUT2D eigenvalue weighted by atomic mass is 9.70. The second-order valence-electron chi connectivity index (χ2n) is 9.48. The maximum absolute atomic E-state index is 6.03. The van der Waals surface area contributed by atoms with Crippen LogP contribution in [0.15, 0.2) is 64.9 Å². The largest absolute Gasteiger partial charge is 0.421 e. The predicted octanol–water partition coefficient (Wildman–Crippen LogP) is 5.63. The zero-order valence-electron chi connectivity index (χ0n) is 19.6. The molecule has 4 rings (SSSR count). The van der Waals surface area contributed by atoms with E-state index in [2.05, 4.69) is 72.5 Å². The first-order valence-electron chi connectivity index (χ1n) is 11.7. The summed E-state index contributed by atoms with van der Waals surface area (Å²) in [7, 11) is 0. The molecule has 3 aromatic rings. The zero-order chi connectivity index (χ0) is 22.5. The molecule has 1 N–H and O–H groups in total. The summed E-state index contributed by atoms with van der Waals surface area (Å²) in [4.78, 5) is 4.21. The average molecular weight is 431 g/mol. The third-order valence-corrected chi connectivity index (χ3v) is 6.70. The zero-order valence-corrected chi connectivity index (χ0v) is 19.6. The van der Waals surface area contributed by atoms with Crippen LogP contribution in [0.25, 0.3) is 11.5 Å². The first-order valence-corrected chi connectivity index (χ1v) is 11.7. The van der Waals surface area contributed by atoms with E-state index < -0.39 is 0 Å². The third-order valence-electron chi connectivity index (χ3n) is 6.70. The Morgan fingerprint density at radius 2 is 1.91 bits per heavy atom. The smallest absolute Gasteiger partial charge is 0.247 e. The molecular formula is C27H34N4O. The van der Waals surface area contributed by atoms with Gasteiger partial charge in [-0.05, 0) is 67.7 Å². The van der Waals surface area contributed by atoms with Gasteiger partial charge >= 0.3 is 0 Å². The average Bonchev–Trinajstić information content (AvgIpc) is 3.25. The number of aryl methyl sites for hydroxylation is 1. The second kappa shape index (κ2) is 10.2. The Hall–Kier alpha value is -2.79. The topological polar surface area (TPSA) is 63.8 Å². The Kier molecular flexibility index (Phi) is 7.15. The van der Waals surface area contributed by atoms with Gasteiger partial charge in [-0.15, -0.1) is 10.2 Å². The molecule has 2 aromatic heterocycles. The van der Waals surface area contributed by atoms with Crippen LogP contribution in [0.1, 0.15) is 44.2 Å². The van der Waals surface area contributed by atoms with Crippen molar-refractivity contribution >= 4 is 0 Å². The van der Waals surface area contributed by atoms with Gasteiger partial charge < -0.3 is 9.73 Å². The molecule has 1 aliphatic carbocycles. The highest BCUT2D eigenvalue weighted by Crippen LogP contribution is 2.38. The number of allylic oxidation sites excluding steroid dienone is 1. The Morgan fingerprint density at radius 3 is 2.62 bits per heavy atom. The van der Waals surface area contributed by atoms with Gasteiger partial charge in [0.25, 0.3) is 0 Å². The van der Waals surface area contributed by atoms with Crippen LogP contribution in [0.2, 0.25) is 0 Å². The van der Waals surface area contributed by atoms with Crippen LogP contribution in [0, 0.1) is 30.6 Å². The molecule has 32 heavy (non-hydrogen) atoms. The molecule has 0 saturated heterocycles. The molecule has 168 valence electrons. The summed E-state index contributed by atoms with van der Waals surface area (Å²) in [5, 5.41) is 12.3. The summed E-state index contributed by atoms with van der Waals surface area (Å²) in [5.74, 6) is 3.57. The van der Waals surface area contributed by atoms with Crippen LogP contribution < -0.4 is 5.32 Å². The molecule has 3 unspecified atom stereocenters. The van der Waals surface area contributed by atoms with Gasteiger partial charge in [-0.2, -0.15) is 0 Å². The molecule has 1 aliphatic rings. The summed E-state index contributed by atoms with van der Waals surface area (Å²) in [6, 6.07) is 12.3. The standard InChI is InChI=1S/C27H34N4O/c1-18(2)25-13-23(14-26-30-31-27(32-26)22-9-7-19(3)8-10-22)20(4)12-24(25)17-29-16-21-6-5-11-28-15-21/h5-12,15,18,23-25,29H,13-14,16-17H2,1-4H3. The third kappa shape index (κ3) is 5.52. The van der Waals surface area contributed by atoms with Crippen molar-refractivity contribution in [2.75, 3.05) is 6.54 Å². The molecule has 0 aliphatic heterocycles. The highest BCUT2D eigenvalue weighted by atomic mass is 16.4. The molecule has 5 heteroatoms. The predicted molar refractivity (Wildman–Crippen MR) is 128 cm³/mol. The van der Waals surface area contributed by atoms with E-state index in [-0.39, 0.29) is 0 Å². The molecule has 3 atom stereocenters. The summed E-state index contributed by atoms with van der Waals surface area (Å²) in [6.07, 6.45) is 8.19. The molecule has 0 fully saturated rings. The minimum atomic E-state index is 0.447. The van der Waals surface area contributed by atoms with Gasteiger partial charge in [-0.25, -0.2) is 0 Å². The highest BCUT2D eigenvalue weighted by molar-refractivity contribution is 5.52. The minimum absolute atomic E-state index is 0.447. The van der Waals surface area contributed by atoms with Crippen LogP contribution in [0.5, 0.6) is 0 Å². The highest BCUT2D eigenvalue weighted by Gasteiger charge is 2.32. The van der Waals surface area contributed by atoms with E-state index in [1.165, 1.54) is 16.7 Å². The first-order chi connectivity index (χ1) is 15.5. The summed E-state index contributed by atoms with van der Waals surface area (Å²) in [6.45, 7) is 10.9. The van der Waals surface area contributed by atoms with Crippen molar-refractivity contribution in [2.45, 2.75) is 47.1 Å². The second-order valence-corrected chi connectivity index (χ2v) is 9.48. The minimum Gasteiger partial charge on any atom is -0.421 e. The van der Waals surface area contributed by atoms with Crippen LogP contribution in [0.3, 0.4) is 0 Å². The van der Waals surface area contributed by atoms with Gasteiger partial charge in [0.1, 0.15) is 0 Å². The molecule has 1 aromatic carbocycles. The molecule has 0 radical (unpaired) electrons. The summed E-state index contributed by atoms with van der Waals surface area (Å²) < 4.78 is 6.03. The van der Waals surface area contributed by atoms with Crippen molar-refractivity contribution in [3.8, 4) is 11.5 Å². The normalized spacial score (nSPS) is 21.0. The number of nitrogens with zero attached hydrogens (tertiary/aromatic N) is 3. The van der Waals surface area contributed by atoms with Crippen molar-refractivity contribution in [1.29, 1.82) is 0 Å². The van der Waals surface area contributed by atoms with Crippen molar-refractivity contribution in [3.63, 3.8) is 0 Å². The fourth-order valence-electron chi connectivity index (χ4n) is 4.75. The van der Waals surface area contributed by atoms with Crippen molar-refractivity contribution in [3.05, 3.63) is 77.5 Å². The van der Waals surface area contributed by atoms with Crippen LogP contribution >= 0.6 is 0 Å². The van der Waals surface area contributed by atoms with E-state index in [1.807, 2.05) is 30.6 Å². The number of nitrogens with one attached hydrogen (secondary N) is 1. The van der Waals surface area contributed by atoms with Crippen LogP contribution in [-0.4, -0.2) is 21.7 Å². The van der Waals surface area contributed by atoms with Gasteiger partial charge in [-0.1, -0.05) is 49.3 Å². The van der Waals surface area contributed by atoms with Crippen LogP contribution in [-0.2, 0) is 13.0 Å². The fraction of sp³-hybridized carbons (Fsp3) is 0.444. The van der Waals surface area contributed by atoms with E-state index in [1.54, 1.807) is 0 Å². The van der Waals surface area contributed by atoms with Gasteiger partial charge in [0, 0.05) is 37.5 Å². The van der Waals surface area contributed by atoms with Gasteiger partial charge in [0.05, 0.1) is 0 Å². The van der Waals surface area contributed by atoms with Crippen molar-refractivity contribution in [1.82, 2.24) is 20.5 Å². The lowest BCUT2D eigenvalue weighted by Gasteiger charge is -2.37. The lowest BCUT2D eigenvalue weighted by molar-refractivity contribution is 0.218. The monoisotopic (exact) mass is 430 g/mol. The Morgan fingerprint density at radius 1 is 1.09 bits per heavy atom. The molecule has 5 nitrogen and oxygen atoms in total. The first kappa shape index (κ1) is 22.4. The number of benzene rings is 1. The molecule has 0 bridgehead atoms. The maximum atomic E-state index is 6.03. The van der Waals surface area contributed by atoms with Crippen LogP contribution in [0.4, 0.5) is 0 Å². The quantitative estimate of drug-likeness (QED) is 0.470.